The lowest BCUT2D eigenvalue weighted by Gasteiger charge is -2.25. The molecule has 3 heteroatoms. The van der Waals surface area contributed by atoms with Gasteiger partial charge < -0.3 is 4.90 Å². The highest BCUT2D eigenvalue weighted by Crippen LogP contribution is 2.26. The summed E-state index contributed by atoms with van der Waals surface area (Å²) < 4.78 is 0. The summed E-state index contributed by atoms with van der Waals surface area (Å²) in [6.45, 7) is 1.76. The number of carbonyl (C=O) groups is 1. The Morgan fingerprint density at radius 3 is 2.60 bits per heavy atom. The van der Waals surface area contributed by atoms with Crippen molar-refractivity contribution in [2.45, 2.75) is 51.5 Å². The van der Waals surface area contributed by atoms with E-state index in [9.17, 15) is 4.79 Å². The van der Waals surface area contributed by atoms with Crippen LogP contribution in [0.5, 0.6) is 0 Å². The van der Waals surface area contributed by atoms with Gasteiger partial charge in [-0.15, -0.1) is 0 Å². The lowest BCUT2D eigenvalue weighted by Crippen LogP contribution is -2.35. The van der Waals surface area contributed by atoms with E-state index in [0.29, 0.717) is 12.3 Å². The Morgan fingerprint density at radius 1 is 1.47 bits per heavy atom. The molecule has 1 saturated carbocycles. The highest BCUT2D eigenvalue weighted by Gasteiger charge is 2.21. The molecule has 1 aliphatic carbocycles. The van der Waals surface area contributed by atoms with Crippen molar-refractivity contribution in [1.82, 2.24) is 4.90 Å². The second-order valence-corrected chi connectivity index (χ2v) is 4.52. The van der Waals surface area contributed by atoms with E-state index >= 15 is 0 Å². The van der Waals surface area contributed by atoms with Crippen LogP contribution in [0.1, 0.15) is 45.4 Å². The van der Waals surface area contributed by atoms with Crippen molar-refractivity contribution >= 4 is 5.91 Å². The summed E-state index contributed by atoms with van der Waals surface area (Å²) in [6.07, 6.45) is 6.82. The zero-order valence-electron chi connectivity index (χ0n) is 9.70. The molecular weight excluding hydrogens is 188 g/mol. The maximum atomic E-state index is 11.8. The van der Waals surface area contributed by atoms with Crippen molar-refractivity contribution in [3.8, 4) is 6.07 Å². The van der Waals surface area contributed by atoms with Crippen LogP contribution in [0.15, 0.2) is 0 Å². The van der Waals surface area contributed by atoms with Gasteiger partial charge in [-0.25, -0.2) is 0 Å². The molecule has 0 bridgehead atoms. The van der Waals surface area contributed by atoms with Gasteiger partial charge in [0.05, 0.1) is 6.07 Å². The molecule has 0 aromatic carbocycles. The third kappa shape index (κ3) is 3.54. The number of rotatable bonds is 3. The molecule has 0 aromatic rings. The molecule has 1 unspecified atom stereocenters. The van der Waals surface area contributed by atoms with Crippen molar-refractivity contribution < 1.29 is 4.79 Å². The van der Waals surface area contributed by atoms with E-state index in [2.05, 4.69) is 6.07 Å². The van der Waals surface area contributed by atoms with E-state index in [-0.39, 0.29) is 11.9 Å². The Labute approximate surface area is 92.1 Å². The average Bonchev–Trinajstić information content (AvgIpc) is 2.28. The summed E-state index contributed by atoms with van der Waals surface area (Å²) in [5.74, 6) is 0.676. The third-order valence-corrected chi connectivity index (χ3v) is 3.35. The summed E-state index contributed by atoms with van der Waals surface area (Å²) in [6, 6.07) is 1.78. The van der Waals surface area contributed by atoms with E-state index in [0.717, 1.165) is 0 Å². The highest BCUT2D eigenvalue weighted by molar-refractivity contribution is 5.76. The van der Waals surface area contributed by atoms with E-state index in [4.69, 9.17) is 5.26 Å². The van der Waals surface area contributed by atoms with Gasteiger partial charge in [0.25, 0.3) is 0 Å². The van der Waals surface area contributed by atoms with Crippen LogP contribution >= 0.6 is 0 Å². The van der Waals surface area contributed by atoms with Crippen molar-refractivity contribution in [2.75, 3.05) is 7.05 Å². The zero-order valence-corrected chi connectivity index (χ0v) is 9.70. The average molecular weight is 208 g/mol. The second kappa shape index (κ2) is 5.75. The van der Waals surface area contributed by atoms with Gasteiger partial charge in [0.2, 0.25) is 5.91 Å². The molecule has 0 N–H and O–H groups in total. The fourth-order valence-corrected chi connectivity index (χ4v) is 2.08. The largest absolute Gasteiger partial charge is 0.330 e. The van der Waals surface area contributed by atoms with Crippen LogP contribution in [0, 0.1) is 17.2 Å². The first-order valence-electron chi connectivity index (χ1n) is 5.80. The Kier molecular flexibility index (Phi) is 4.61. The van der Waals surface area contributed by atoms with E-state index in [1.165, 1.54) is 32.1 Å². The molecule has 0 radical (unpaired) electrons. The summed E-state index contributed by atoms with van der Waals surface area (Å²) in [5.41, 5.74) is 0. The molecular formula is C12H20N2O. The maximum absolute atomic E-state index is 11.8. The number of hydrogen-bond donors (Lipinski definition) is 0. The van der Waals surface area contributed by atoms with Crippen LogP contribution in [-0.4, -0.2) is 23.9 Å². The smallest absolute Gasteiger partial charge is 0.223 e. The number of carbonyl (C=O) groups excluding carboxylic acids is 1. The minimum absolute atomic E-state index is 0.121. The molecule has 84 valence electrons. The van der Waals surface area contributed by atoms with Gasteiger partial charge in [0.1, 0.15) is 6.04 Å². The molecule has 1 atom stereocenters. The van der Waals surface area contributed by atoms with E-state index < -0.39 is 0 Å². The summed E-state index contributed by atoms with van der Waals surface area (Å²) in [7, 11) is 1.72. The Hall–Kier alpha value is -1.04. The first-order valence-corrected chi connectivity index (χ1v) is 5.80. The maximum Gasteiger partial charge on any atom is 0.223 e. The molecule has 0 saturated heterocycles. The minimum atomic E-state index is -0.305. The molecule has 0 spiro atoms. The van der Waals surface area contributed by atoms with Crippen LogP contribution < -0.4 is 0 Å². The van der Waals surface area contributed by atoms with Crippen LogP contribution in [0.25, 0.3) is 0 Å². The van der Waals surface area contributed by atoms with Crippen LogP contribution in [-0.2, 0) is 4.79 Å². The monoisotopic (exact) mass is 208 g/mol. The SMILES string of the molecule is CC(C#N)N(C)C(=O)CC1CCCCC1. The highest BCUT2D eigenvalue weighted by atomic mass is 16.2. The number of nitriles is 1. The van der Waals surface area contributed by atoms with Crippen molar-refractivity contribution in [2.24, 2.45) is 5.92 Å². The Balaban J connectivity index is 2.37. The molecule has 0 aromatic heterocycles. The predicted octanol–water partition coefficient (Wildman–Crippen LogP) is 2.33. The van der Waals surface area contributed by atoms with Gasteiger partial charge in [-0.3, -0.25) is 4.79 Å². The van der Waals surface area contributed by atoms with Gasteiger partial charge in [-0.05, 0) is 25.7 Å². The minimum Gasteiger partial charge on any atom is -0.330 e. The van der Waals surface area contributed by atoms with Crippen molar-refractivity contribution in [3.63, 3.8) is 0 Å². The Morgan fingerprint density at radius 2 is 2.07 bits per heavy atom. The van der Waals surface area contributed by atoms with Crippen LogP contribution in [0.3, 0.4) is 0 Å². The summed E-state index contributed by atoms with van der Waals surface area (Å²) in [4.78, 5) is 13.4. The number of nitrogens with zero attached hydrogens (tertiary/aromatic N) is 2. The molecule has 15 heavy (non-hydrogen) atoms. The topological polar surface area (TPSA) is 44.1 Å². The fraction of sp³-hybridized carbons (Fsp3) is 0.833. The molecule has 3 nitrogen and oxygen atoms in total. The van der Waals surface area contributed by atoms with Gasteiger partial charge in [0, 0.05) is 13.5 Å². The first kappa shape index (κ1) is 12.0. The fourth-order valence-electron chi connectivity index (χ4n) is 2.08. The number of hydrogen-bond acceptors (Lipinski definition) is 2. The molecule has 1 rings (SSSR count). The summed E-state index contributed by atoms with van der Waals surface area (Å²) >= 11 is 0. The van der Waals surface area contributed by atoms with Gasteiger partial charge >= 0.3 is 0 Å². The standard InChI is InChI=1S/C12H20N2O/c1-10(9-13)14(2)12(15)8-11-6-4-3-5-7-11/h10-11H,3-8H2,1-2H3. The molecule has 0 heterocycles. The second-order valence-electron chi connectivity index (χ2n) is 4.52. The van der Waals surface area contributed by atoms with Crippen molar-refractivity contribution in [3.05, 3.63) is 0 Å². The van der Waals surface area contributed by atoms with E-state index in [1.807, 2.05) is 0 Å². The third-order valence-electron chi connectivity index (χ3n) is 3.35. The van der Waals surface area contributed by atoms with E-state index in [1.54, 1.807) is 18.9 Å². The van der Waals surface area contributed by atoms with Crippen molar-refractivity contribution in [1.29, 1.82) is 5.26 Å². The first-order chi connectivity index (χ1) is 7.15. The quantitative estimate of drug-likeness (QED) is 0.714. The lowest BCUT2D eigenvalue weighted by atomic mass is 9.86. The van der Waals surface area contributed by atoms with Gasteiger partial charge in [-0.1, -0.05) is 19.3 Å². The molecule has 1 aliphatic rings. The lowest BCUT2D eigenvalue weighted by molar-refractivity contribution is -0.132. The Bertz CT molecular complexity index is 251. The molecule has 1 amide bonds. The molecule has 1 fully saturated rings. The van der Waals surface area contributed by atoms with Gasteiger partial charge in [-0.2, -0.15) is 5.26 Å². The number of amides is 1. The molecule has 0 aliphatic heterocycles. The van der Waals surface area contributed by atoms with Crippen LogP contribution in [0.2, 0.25) is 0 Å². The normalized spacial score (nSPS) is 19.3. The zero-order chi connectivity index (χ0) is 11.3. The van der Waals surface area contributed by atoms with Crippen LogP contribution in [0.4, 0.5) is 0 Å². The summed E-state index contributed by atoms with van der Waals surface area (Å²) in [5, 5.41) is 8.72. The predicted molar refractivity (Wildman–Crippen MR) is 59.0 cm³/mol. The van der Waals surface area contributed by atoms with Gasteiger partial charge in [0.15, 0.2) is 0 Å².